The summed E-state index contributed by atoms with van der Waals surface area (Å²) in [4.78, 5) is 39.2. The number of carbonyl (C=O) groups excluding carboxylic acids is 3. The third-order valence-corrected chi connectivity index (χ3v) is 5.94. The fraction of sp³-hybridized carbons (Fsp3) is 0.222. The van der Waals surface area contributed by atoms with E-state index in [-0.39, 0.29) is 5.57 Å². The molecule has 1 atom stereocenters. The van der Waals surface area contributed by atoms with Crippen LogP contribution in [0.25, 0.3) is 6.08 Å². The number of hydrogen-bond acceptors (Lipinski definition) is 4. The lowest BCUT2D eigenvalue weighted by Crippen LogP contribution is -2.54. The van der Waals surface area contributed by atoms with Crippen molar-refractivity contribution in [3.8, 4) is 5.75 Å². The topological polar surface area (TPSA) is 80.6 Å². The van der Waals surface area contributed by atoms with E-state index in [1.807, 2.05) is 59.3 Å². The maximum Gasteiger partial charge on any atom is 0.335 e. The molecule has 0 bridgehead atoms. The van der Waals surface area contributed by atoms with Crippen molar-refractivity contribution < 1.29 is 19.1 Å². The fourth-order valence-corrected chi connectivity index (χ4v) is 3.77. The smallest absolute Gasteiger partial charge is 0.335 e. The monoisotopic (exact) mass is 457 g/mol. The van der Waals surface area contributed by atoms with E-state index in [4.69, 9.17) is 4.74 Å². The molecule has 0 aliphatic carbocycles. The van der Waals surface area contributed by atoms with Gasteiger partial charge < -0.3 is 9.30 Å². The number of rotatable bonds is 8. The Morgan fingerprint density at radius 3 is 2.41 bits per heavy atom. The molecular formula is C27H27N3O4. The molecule has 0 spiro atoms. The Hall–Kier alpha value is -4.13. The highest BCUT2D eigenvalue weighted by molar-refractivity contribution is 6.39. The highest BCUT2D eigenvalue weighted by Crippen LogP contribution is 2.25. The first-order chi connectivity index (χ1) is 16.5. The van der Waals surface area contributed by atoms with Gasteiger partial charge >= 0.3 is 6.03 Å². The number of barbiturate groups is 1. The largest absolute Gasteiger partial charge is 0.492 e. The maximum atomic E-state index is 13.2. The van der Waals surface area contributed by atoms with Gasteiger partial charge in [-0.1, -0.05) is 44.2 Å². The number of amides is 4. The van der Waals surface area contributed by atoms with Crippen molar-refractivity contribution >= 4 is 29.6 Å². The second-order valence-electron chi connectivity index (χ2n) is 8.15. The summed E-state index contributed by atoms with van der Waals surface area (Å²) < 4.78 is 7.64. The van der Waals surface area contributed by atoms with Crippen LogP contribution in [0.5, 0.6) is 5.75 Å². The number of para-hydroxylation sites is 1. The Morgan fingerprint density at radius 2 is 1.71 bits per heavy atom. The third kappa shape index (κ3) is 4.93. The molecule has 1 aromatic heterocycles. The highest BCUT2D eigenvalue weighted by Gasteiger charge is 2.37. The first kappa shape index (κ1) is 23.0. The molecule has 7 nitrogen and oxygen atoms in total. The number of carbonyl (C=O) groups is 3. The van der Waals surface area contributed by atoms with Gasteiger partial charge in [-0.05, 0) is 60.4 Å². The van der Waals surface area contributed by atoms with Crippen molar-refractivity contribution in [1.82, 2.24) is 9.88 Å². The number of urea groups is 1. The van der Waals surface area contributed by atoms with Crippen LogP contribution in [-0.2, 0) is 16.1 Å². The van der Waals surface area contributed by atoms with Gasteiger partial charge in [0.1, 0.15) is 17.9 Å². The van der Waals surface area contributed by atoms with Crippen LogP contribution in [0.2, 0.25) is 0 Å². The standard InChI is InChI=1S/C27H27N3O4/c1-3-19(2)20-11-13-21(14-12-20)30-26(32)24(25(31)28-27(30)33)18-22-8-7-15-29(22)16-17-34-23-9-5-4-6-10-23/h4-15,18-19H,3,16-17H2,1-2H3,(H,28,31,33)/b24-18+/t19-/m0/s1. The van der Waals surface area contributed by atoms with E-state index in [0.29, 0.717) is 30.5 Å². The molecule has 174 valence electrons. The third-order valence-electron chi connectivity index (χ3n) is 5.94. The van der Waals surface area contributed by atoms with Crippen LogP contribution in [0.3, 0.4) is 0 Å². The van der Waals surface area contributed by atoms with Gasteiger partial charge in [-0.3, -0.25) is 14.9 Å². The number of benzene rings is 2. The average Bonchev–Trinajstić information content (AvgIpc) is 3.29. The van der Waals surface area contributed by atoms with E-state index in [0.717, 1.165) is 22.6 Å². The Balaban J connectivity index is 1.53. The Kier molecular flexibility index (Phi) is 6.92. The summed E-state index contributed by atoms with van der Waals surface area (Å²) in [5.74, 6) is -0.227. The molecule has 1 aliphatic heterocycles. The predicted octanol–water partition coefficient (Wildman–Crippen LogP) is 4.75. The first-order valence-electron chi connectivity index (χ1n) is 11.3. The van der Waals surface area contributed by atoms with Crippen molar-refractivity contribution in [1.29, 1.82) is 0 Å². The molecule has 1 N–H and O–H groups in total. The minimum atomic E-state index is -0.755. The zero-order chi connectivity index (χ0) is 24.1. The van der Waals surface area contributed by atoms with Gasteiger partial charge in [-0.2, -0.15) is 0 Å². The number of nitrogens with one attached hydrogen (secondary N) is 1. The number of aromatic nitrogens is 1. The second-order valence-corrected chi connectivity index (χ2v) is 8.15. The van der Waals surface area contributed by atoms with E-state index in [9.17, 15) is 14.4 Å². The molecule has 1 aliphatic rings. The summed E-state index contributed by atoms with van der Waals surface area (Å²) in [7, 11) is 0. The molecule has 2 aromatic carbocycles. The van der Waals surface area contributed by atoms with E-state index in [2.05, 4.69) is 19.2 Å². The first-order valence-corrected chi connectivity index (χ1v) is 11.3. The number of anilines is 1. The molecule has 1 saturated heterocycles. The lowest BCUT2D eigenvalue weighted by Gasteiger charge is -2.26. The summed E-state index contributed by atoms with van der Waals surface area (Å²) in [6.07, 6.45) is 4.34. The number of imide groups is 2. The van der Waals surface area contributed by atoms with Crippen LogP contribution in [0.4, 0.5) is 10.5 Å². The fourth-order valence-electron chi connectivity index (χ4n) is 3.77. The molecule has 4 amide bonds. The quantitative estimate of drug-likeness (QED) is 0.391. The molecule has 0 unspecified atom stereocenters. The minimum Gasteiger partial charge on any atom is -0.492 e. The number of hydrogen-bond donors (Lipinski definition) is 1. The zero-order valence-electron chi connectivity index (χ0n) is 19.2. The summed E-state index contributed by atoms with van der Waals surface area (Å²) in [5, 5.41) is 2.28. The van der Waals surface area contributed by atoms with Gasteiger partial charge in [0.15, 0.2) is 0 Å². The lowest BCUT2D eigenvalue weighted by atomic mass is 9.98. The van der Waals surface area contributed by atoms with Gasteiger partial charge in [0.2, 0.25) is 0 Å². The van der Waals surface area contributed by atoms with E-state index in [1.54, 1.807) is 18.2 Å². The Bertz CT molecular complexity index is 1210. The molecule has 0 radical (unpaired) electrons. The van der Waals surface area contributed by atoms with Gasteiger partial charge in [0, 0.05) is 11.9 Å². The molecule has 0 saturated carbocycles. The summed E-state index contributed by atoms with van der Waals surface area (Å²) in [6, 6.07) is 19.6. The SMILES string of the molecule is CC[C@H](C)c1ccc(N2C(=O)NC(=O)/C(=C\c3cccn3CCOc3ccccc3)C2=O)cc1. The predicted molar refractivity (Wildman–Crippen MR) is 131 cm³/mol. The van der Waals surface area contributed by atoms with Gasteiger partial charge in [-0.15, -0.1) is 0 Å². The summed E-state index contributed by atoms with van der Waals surface area (Å²) in [5.41, 5.74) is 2.10. The zero-order valence-corrected chi connectivity index (χ0v) is 19.2. The van der Waals surface area contributed by atoms with Crippen LogP contribution >= 0.6 is 0 Å². The minimum absolute atomic E-state index is 0.102. The average molecular weight is 458 g/mol. The van der Waals surface area contributed by atoms with Crippen molar-refractivity contribution in [2.24, 2.45) is 0 Å². The van der Waals surface area contributed by atoms with Crippen LogP contribution in [0.15, 0.2) is 78.5 Å². The molecule has 34 heavy (non-hydrogen) atoms. The highest BCUT2D eigenvalue weighted by atomic mass is 16.5. The number of ether oxygens (including phenoxy) is 1. The van der Waals surface area contributed by atoms with E-state index in [1.165, 1.54) is 6.08 Å². The molecule has 3 aromatic rings. The molecule has 2 heterocycles. The van der Waals surface area contributed by atoms with Crippen molar-refractivity contribution in [2.75, 3.05) is 11.5 Å². The van der Waals surface area contributed by atoms with Crippen molar-refractivity contribution in [3.63, 3.8) is 0 Å². The number of nitrogens with zero attached hydrogens (tertiary/aromatic N) is 2. The second kappa shape index (κ2) is 10.2. The van der Waals surface area contributed by atoms with Crippen LogP contribution in [-0.4, -0.2) is 29.0 Å². The van der Waals surface area contributed by atoms with E-state index < -0.39 is 17.8 Å². The lowest BCUT2D eigenvalue weighted by molar-refractivity contribution is -0.122. The summed E-state index contributed by atoms with van der Waals surface area (Å²) in [6.45, 7) is 5.17. The summed E-state index contributed by atoms with van der Waals surface area (Å²) >= 11 is 0. The van der Waals surface area contributed by atoms with E-state index >= 15 is 0 Å². The van der Waals surface area contributed by atoms with Gasteiger partial charge in [-0.25, -0.2) is 9.69 Å². The maximum absolute atomic E-state index is 13.2. The van der Waals surface area contributed by atoms with Crippen LogP contribution in [0, 0.1) is 0 Å². The molecule has 1 fully saturated rings. The molecular weight excluding hydrogens is 430 g/mol. The molecule has 7 heteroatoms. The van der Waals surface area contributed by atoms with Crippen molar-refractivity contribution in [3.05, 3.63) is 89.8 Å². The van der Waals surface area contributed by atoms with Gasteiger partial charge in [0.25, 0.3) is 11.8 Å². The molecule has 4 rings (SSSR count). The normalized spacial score (nSPS) is 16.0. The Morgan fingerprint density at radius 1 is 0.971 bits per heavy atom. The van der Waals surface area contributed by atoms with Crippen LogP contribution in [0.1, 0.15) is 37.4 Å². The van der Waals surface area contributed by atoms with Gasteiger partial charge in [0.05, 0.1) is 12.2 Å². The van der Waals surface area contributed by atoms with Crippen molar-refractivity contribution in [2.45, 2.75) is 32.7 Å². The Labute approximate surface area is 198 Å². The van der Waals surface area contributed by atoms with Crippen LogP contribution < -0.4 is 15.0 Å².